The minimum absolute atomic E-state index is 0.0780. The van der Waals surface area contributed by atoms with Crippen LogP contribution in [0.4, 0.5) is 0 Å². The van der Waals surface area contributed by atoms with Crippen molar-refractivity contribution in [3.05, 3.63) is 70.0 Å². The van der Waals surface area contributed by atoms with Crippen LogP contribution in [0.1, 0.15) is 49.8 Å². The molecule has 1 aromatic heterocycles. The Morgan fingerprint density at radius 2 is 1.79 bits per heavy atom. The first-order chi connectivity index (χ1) is 16.0. The summed E-state index contributed by atoms with van der Waals surface area (Å²) in [5.41, 5.74) is 2.46. The zero-order chi connectivity index (χ0) is 23.4. The molecule has 1 aliphatic carbocycles. The van der Waals surface area contributed by atoms with E-state index in [-0.39, 0.29) is 11.6 Å². The van der Waals surface area contributed by atoms with Gasteiger partial charge >= 0.3 is 0 Å². The smallest absolute Gasteiger partial charge is 0.253 e. The molecule has 7 heteroatoms. The van der Waals surface area contributed by atoms with Crippen LogP contribution >= 0.6 is 12.2 Å². The first kappa shape index (κ1) is 23.1. The summed E-state index contributed by atoms with van der Waals surface area (Å²) in [4.78, 5) is 18.2. The highest BCUT2D eigenvalue weighted by Gasteiger charge is 2.26. The maximum atomic E-state index is 13.0. The quantitative estimate of drug-likeness (QED) is 0.483. The topological polar surface area (TPSA) is 66.6 Å². The number of aromatic amines is 1. The minimum atomic E-state index is -0.114. The standard InChI is InChI=1S/C26H31N3O3S/c1-17(18-9-5-4-6-10-18)27-26(33)29(21-11-7-8-12-21)16-20-13-19-14-23(31-2)24(32-3)15-22(19)28-25(20)30/h4-6,9-10,13-15,17,21H,7-8,11-12,16H2,1-3H3,(H,27,33)(H,28,30)/t17-/m1/s1. The van der Waals surface area contributed by atoms with E-state index >= 15 is 0 Å². The fraction of sp³-hybridized carbons (Fsp3) is 0.385. The van der Waals surface area contributed by atoms with Crippen LogP contribution in [0.25, 0.3) is 10.9 Å². The first-order valence-corrected chi connectivity index (χ1v) is 11.8. The molecule has 1 aliphatic rings. The molecule has 174 valence electrons. The van der Waals surface area contributed by atoms with Crippen molar-refractivity contribution in [2.24, 2.45) is 0 Å². The Balaban J connectivity index is 1.62. The molecule has 1 atom stereocenters. The van der Waals surface area contributed by atoms with Gasteiger partial charge in [0.05, 0.1) is 32.3 Å². The molecule has 0 spiro atoms. The van der Waals surface area contributed by atoms with Gasteiger partial charge in [0.15, 0.2) is 16.6 Å². The van der Waals surface area contributed by atoms with Crippen LogP contribution in [0.5, 0.6) is 11.5 Å². The van der Waals surface area contributed by atoms with Crippen LogP contribution in [-0.4, -0.2) is 35.3 Å². The molecule has 1 fully saturated rings. The normalized spacial score (nSPS) is 14.8. The van der Waals surface area contributed by atoms with E-state index in [1.807, 2.05) is 30.3 Å². The van der Waals surface area contributed by atoms with Gasteiger partial charge < -0.3 is 24.7 Å². The average Bonchev–Trinajstić information content (AvgIpc) is 3.36. The number of H-pyrrole nitrogens is 1. The largest absolute Gasteiger partial charge is 0.493 e. The minimum Gasteiger partial charge on any atom is -0.493 e. The third-order valence-electron chi connectivity index (χ3n) is 6.43. The number of hydrogen-bond acceptors (Lipinski definition) is 4. The summed E-state index contributed by atoms with van der Waals surface area (Å²) in [6.07, 6.45) is 4.53. The Labute approximate surface area is 199 Å². The summed E-state index contributed by atoms with van der Waals surface area (Å²) in [5, 5.41) is 5.07. The van der Waals surface area contributed by atoms with E-state index in [1.54, 1.807) is 20.3 Å². The summed E-state index contributed by atoms with van der Waals surface area (Å²) in [7, 11) is 3.19. The highest BCUT2D eigenvalue weighted by molar-refractivity contribution is 7.80. The number of hydrogen-bond donors (Lipinski definition) is 2. The fourth-order valence-electron chi connectivity index (χ4n) is 4.56. The van der Waals surface area contributed by atoms with Crippen LogP contribution in [0.15, 0.2) is 53.3 Å². The number of rotatable bonds is 7. The van der Waals surface area contributed by atoms with E-state index in [0.717, 1.165) is 18.2 Å². The number of nitrogens with one attached hydrogen (secondary N) is 2. The number of ether oxygens (including phenoxy) is 2. The van der Waals surface area contributed by atoms with Gasteiger partial charge in [-0.2, -0.15) is 0 Å². The maximum Gasteiger partial charge on any atom is 0.253 e. The Hall–Kier alpha value is -3.06. The first-order valence-electron chi connectivity index (χ1n) is 11.4. The molecule has 1 saturated carbocycles. The summed E-state index contributed by atoms with van der Waals surface area (Å²) < 4.78 is 10.8. The molecular weight excluding hydrogens is 434 g/mol. The molecular formula is C26H31N3O3S. The van der Waals surface area contributed by atoms with E-state index in [1.165, 1.54) is 18.4 Å². The SMILES string of the molecule is COc1cc2cc(CN(C(=S)N[C@H](C)c3ccccc3)C3CCCC3)c(=O)[nH]c2cc1OC. The number of nitrogens with zero attached hydrogens (tertiary/aromatic N) is 1. The second kappa shape index (κ2) is 10.3. The van der Waals surface area contributed by atoms with Gasteiger partial charge in [-0.15, -0.1) is 0 Å². The van der Waals surface area contributed by atoms with Gasteiger partial charge in [-0.1, -0.05) is 43.2 Å². The molecule has 0 radical (unpaired) electrons. The molecule has 1 heterocycles. The second-order valence-electron chi connectivity index (χ2n) is 8.57. The van der Waals surface area contributed by atoms with Crippen molar-refractivity contribution < 1.29 is 9.47 Å². The predicted molar refractivity (Wildman–Crippen MR) is 136 cm³/mol. The van der Waals surface area contributed by atoms with E-state index in [2.05, 4.69) is 34.3 Å². The molecule has 33 heavy (non-hydrogen) atoms. The van der Waals surface area contributed by atoms with E-state index < -0.39 is 0 Å². The molecule has 0 bridgehead atoms. The van der Waals surface area contributed by atoms with Gasteiger partial charge in [0, 0.05) is 23.1 Å². The van der Waals surface area contributed by atoms with E-state index in [0.29, 0.717) is 40.3 Å². The Morgan fingerprint density at radius 1 is 1.12 bits per heavy atom. The van der Waals surface area contributed by atoms with Gasteiger partial charge in [-0.3, -0.25) is 4.79 Å². The zero-order valence-electron chi connectivity index (χ0n) is 19.4. The molecule has 2 N–H and O–H groups in total. The molecule has 2 aromatic carbocycles. The van der Waals surface area contributed by atoms with Gasteiger partial charge in [0.25, 0.3) is 5.56 Å². The lowest BCUT2D eigenvalue weighted by Crippen LogP contribution is -2.46. The third-order valence-corrected chi connectivity index (χ3v) is 6.78. The van der Waals surface area contributed by atoms with Crippen LogP contribution in [0.2, 0.25) is 0 Å². The van der Waals surface area contributed by atoms with Gasteiger partial charge in [0.1, 0.15) is 0 Å². The molecule has 0 amide bonds. The lowest BCUT2D eigenvalue weighted by Gasteiger charge is -2.33. The van der Waals surface area contributed by atoms with Crippen molar-refractivity contribution >= 4 is 28.2 Å². The van der Waals surface area contributed by atoms with Crippen molar-refractivity contribution in [2.75, 3.05) is 14.2 Å². The monoisotopic (exact) mass is 465 g/mol. The van der Waals surface area contributed by atoms with Crippen molar-refractivity contribution in [3.63, 3.8) is 0 Å². The summed E-state index contributed by atoms with van der Waals surface area (Å²) in [6, 6.07) is 16.3. The number of pyridine rings is 1. The van der Waals surface area contributed by atoms with Crippen molar-refractivity contribution in [1.82, 2.24) is 15.2 Å². The molecule has 0 aliphatic heterocycles. The number of aromatic nitrogens is 1. The fourth-order valence-corrected chi connectivity index (χ4v) is 4.95. The highest BCUT2D eigenvalue weighted by Crippen LogP contribution is 2.31. The number of fused-ring (bicyclic) bond motifs is 1. The summed E-state index contributed by atoms with van der Waals surface area (Å²) >= 11 is 5.86. The predicted octanol–water partition coefficient (Wildman–Crippen LogP) is 4.93. The summed E-state index contributed by atoms with van der Waals surface area (Å²) in [6.45, 7) is 2.56. The van der Waals surface area contributed by atoms with Gasteiger partial charge in [-0.05, 0) is 49.7 Å². The zero-order valence-corrected chi connectivity index (χ0v) is 20.2. The lowest BCUT2D eigenvalue weighted by molar-refractivity contribution is 0.300. The van der Waals surface area contributed by atoms with E-state index in [9.17, 15) is 4.79 Å². The lowest BCUT2D eigenvalue weighted by atomic mass is 10.1. The van der Waals surface area contributed by atoms with Crippen LogP contribution in [0, 0.1) is 0 Å². The van der Waals surface area contributed by atoms with Crippen LogP contribution in [0.3, 0.4) is 0 Å². The molecule has 0 saturated heterocycles. The molecule has 3 aromatic rings. The third kappa shape index (κ3) is 5.14. The van der Waals surface area contributed by atoms with Crippen LogP contribution < -0.4 is 20.3 Å². The highest BCUT2D eigenvalue weighted by atomic mass is 32.1. The Morgan fingerprint density at radius 3 is 2.45 bits per heavy atom. The molecule has 4 rings (SSSR count). The Bertz CT molecular complexity index is 1170. The Kier molecular flexibility index (Phi) is 7.18. The second-order valence-corrected chi connectivity index (χ2v) is 8.95. The van der Waals surface area contributed by atoms with Crippen molar-refractivity contribution in [2.45, 2.75) is 51.2 Å². The number of benzene rings is 2. The van der Waals surface area contributed by atoms with E-state index in [4.69, 9.17) is 21.7 Å². The van der Waals surface area contributed by atoms with Crippen molar-refractivity contribution in [1.29, 1.82) is 0 Å². The van der Waals surface area contributed by atoms with Crippen LogP contribution in [-0.2, 0) is 6.54 Å². The average molecular weight is 466 g/mol. The number of thiocarbonyl (C=S) groups is 1. The van der Waals surface area contributed by atoms with Gasteiger partial charge in [0.2, 0.25) is 0 Å². The van der Waals surface area contributed by atoms with Crippen molar-refractivity contribution in [3.8, 4) is 11.5 Å². The number of methoxy groups -OCH3 is 2. The molecule has 6 nitrogen and oxygen atoms in total. The van der Waals surface area contributed by atoms with Gasteiger partial charge in [-0.25, -0.2) is 0 Å². The molecule has 0 unspecified atom stereocenters. The maximum absolute atomic E-state index is 13.0. The summed E-state index contributed by atoms with van der Waals surface area (Å²) in [5.74, 6) is 1.21.